The van der Waals surface area contributed by atoms with Crippen molar-refractivity contribution in [1.82, 2.24) is 0 Å². The number of benzene rings is 1. The summed E-state index contributed by atoms with van der Waals surface area (Å²) in [6.07, 6.45) is 2.52. The first kappa shape index (κ1) is 12.1. The van der Waals surface area contributed by atoms with Crippen LogP contribution >= 0.6 is 0 Å². The number of nitrogens with two attached hydrogens (primary N) is 1. The second-order valence-corrected chi connectivity index (χ2v) is 4.02. The summed E-state index contributed by atoms with van der Waals surface area (Å²) in [5.74, 6) is 0.971. The minimum atomic E-state index is 0.279. The Kier molecular flexibility index (Phi) is 4.63. The summed E-state index contributed by atoms with van der Waals surface area (Å²) >= 11 is 0. The Labute approximate surface area is 92.4 Å². The predicted molar refractivity (Wildman–Crippen MR) is 64.1 cm³/mol. The van der Waals surface area contributed by atoms with E-state index in [4.69, 9.17) is 10.5 Å². The van der Waals surface area contributed by atoms with Gasteiger partial charge in [0.1, 0.15) is 5.75 Å². The van der Waals surface area contributed by atoms with Crippen molar-refractivity contribution < 1.29 is 4.74 Å². The summed E-state index contributed by atoms with van der Waals surface area (Å²) in [5, 5.41) is 0. The molecule has 0 fully saturated rings. The first-order valence-corrected chi connectivity index (χ1v) is 5.63. The highest BCUT2D eigenvalue weighted by Crippen LogP contribution is 2.21. The molecule has 1 atom stereocenters. The van der Waals surface area contributed by atoms with Crippen LogP contribution in [0.2, 0.25) is 0 Å². The van der Waals surface area contributed by atoms with Crippen LogP contribution < -0.4 is 10.5 Å². The second-order valence-electron chi connectivity index (χ2n) is 4.02. The molecule has 0 aromatic heterocycles. The SMILES string of the molecule is CCCC(C)Oc1cc(CN)ccc1C. The van der Waals surface area contributed by atoms with Crippen LogP contribution in [-0.4, -0.2) is 6.10 Å². The lowest BCUT2D eigenvalue weighted by molar-refractivity contribution is 0.208. The van der Waals surface area contributed by atoms with Crippen LogP contribution in [0.5, 0.6) is 5.75 Å². The maximum absolute atomic E-state index is 5.87. The molecule has 2 N–H and O–H groups in total. The number of rotatable bonds is 5. The van der Waals surface area contributed by atoms with E-state index in [2.05, 4.69) is 26.8 Å². The lowest BCUT2D eigenvalue weighted by Gasteiger charge is -2.16. The summed E-state index contributed by atoms with van der Waals surface area (Å²) in [6.45, 7) is 6.91. The van der Waals surface area contributed by atoms with Gasteiger partial charge in [-0.05, 0) is 37.5 Å². The molecule has 0 heterocycles. The summed E-state index contributed by atoms with van der Waals surface area (Å²) in [5.41, 5.74) is 7.90. The minimum absolute atomic E-state index is 0.279. The molecule has 0 aliphatic rings. The molecule has 15 heavy (non-hydrogen) atoms. The zero-order chi connectivity index (χ0) is 11.3. The molecule has 1 unspecified atom stereocenters. The van der Waals surface area contributed by atoms with Crippen molar-refractivity contribution in [3.05, 3.63) is 29.3 Å². The van der Waals surface area contributed by atoms with Gasteiger partial charge in [-0.25, -0.2) is 0 Å². The lowest BCUT2D eigenvalue weighted by Crippen LogP contribution is -2.12. The Hall–Kier alpha value is -1.02. The van der Waals surface area contributed by atoms with Gasteiger partial charge in [0.05, 0.1) is 6.10 Å². The van der Waals surface area contributed by atoms with E-state index >= 15 is 0 Å². The molecule has 0 saturated carbocycles. The molecule has 84 valence electrons. The maximum atomic E-state index is 5.87. The average molecular weight is 207 g/mol. The van der Waals surface area contributed by atoms with Crippen molar-refractivity contribution in [2.75, 3.05) is 0 Å². The minimum Gasteiger partial charge on any atom is -0.490 e. The second kappa shape index (κ2) is 5.76. The lowest BCUT2D eigenvalue weighted by atomic mass is 10.1. The number of ether oxygens (including phenoxy) is 1. The van der Waals surface area contributed by atoms with Crippen LogP contribution in [0.1, 0.15) is 37.8 Å². The van der Waals surface area contributed by atoms with Crippen LogP contribution in [0, 0.1) is 6.92 Å². The molecule has 0 aliphatic heterocycles. The quantitative estimate of drug-likeness (QED) is 0.805. The molecular weight excluding hydrogens is 186 g/mol. The van der Waals surface area contributed by atoms with Crippen LogP contribution in [0.4, 0.5) is 0 Å². The van der Waals surface area contributed by atoms with Gasteiger partial charge in [0.15, 0.2) is 0 Å². The molecule has 0 saturated heterocycles. The Balaban J connectivity index is 2.74. The molecule has 0 radical (unpaired) electrons. The molecular formula is C13H21NO. The highest BCUT2D eigenvalue weighted by atomic mass is 16.5. The van der Waals surface area contributed by atoms with E-state index in [0.717, 1.165) is 24.2 Å². The van der Waals surface area contributed by atoms with Crippen molar-refractivity contribution in [1.29, 1.82) is 0 Å². The Morgan fingerprint density at radius 3 is 2.73 bits per heavy atom. The zero-order valence-corrected chi connectivity index (χ0v) is 9.92. The smallest absolute Gasteiger partial charge is 0.122 e. The normalized spacial score (nSPS) is 12.5. The summed E-state index contributed by atoms with van der Waals surface area (Å²) < 4.78 is 5.87. The van der Waals surface area contributed by atoms with E-state index in [0.29, 0.717) is 6.54 Å². The van der Waals surface area contributed by atoms with Gasteiger partial charge < -0.3 is 10.5 Å². The summed E-state index contributed by atoms with van der Waals surface area (Å²) in [4.78, 5) is 0. The average Bonchev–Trinajstić information content (AvgIpc) is 2.21. The summed E-state index contributed by atoms with van der Waals surface area (Å²) in [6, 6.07) is 6.16. The number of aryl methyl sites for hydroxylation is 1. The van der Waals surface area contributed by atoms with Gasteiger partial charge >= 0.3 is 0 Å². The van der Waals surface area contributed by atoms with Crippen molar-refractivity contribution in [3.63, 3.8) is 0 Å². The fraction of sp³-hybridized carbons (Fsp3) is 0.538. The van der Waals surface area contributed by atoms with Gasteiger partial charge in [0.2, 0.25) is 0 Å². The molecule has 1 aromatic rings. The van der Waals surface area contributed by atoms with E-state index in [1.165, 1.54) is 5.56 Å². The van der Waals surface area contributed by atoms with Crippen molar-refractivity contribution in [2.45, 2.75) is 46.3 Å². The monoisotopic (exact) mass is 207 g/mol. The fourth-order valence-corrected chi connectivity index (χ4v) is 1.58. The standard InChI is InChI=1S/C13H21NO/c1-4-5-11(3)15-13-8-12(9-14)7-6-10(13)2/h6-8,11H,4-5,9,14H2,1-3H3. The first-order valence-electron chi connectivity index (χ1n) is 5.63. The number of hydrogen-bond donors (Lipinski definition) is 1. The van der Waals surface area contributed by atoms with Crippen molar-refractivity contribution in [3.8, 4) is 5.75 Å². The largest absolute Gasteiger partial charge is 0.490 e. The third kappa shape index (κ3) is 3.56. The molecule has 2 nitrogen and oxygen atoms in total. The van der Waals surface area contributed by atoms with Crippen LogP contribution in [0.3, 0.4) is 0 Å². The van der Waals surface area contributed by atoms with Crippen LogP contribution in [-0.2, 0) is 6.54 Å². The van der Waals surface area contributed by atoms with Gasteiger partial charge in [-0.3, -0.25) is 0 Å². The maximum Gasteiger partial charge on any atom is 0.122 e. The zero-order valence-electron chi connectivity index (χ0n) is 9.92. The predicted octanol–water partition coefficient (Wildman–Crippen LogP) is 3.02. The van der Waals surface area contributed by atoms with Crippen molar-refractivity contribution >= 4 is 0 Å². The summed E-state index contributed by atoms with van der Waals surface area (Å²) in [7, 11) is 0. The Morgan fingerprint density at radius 1 is 1.40 bits per heavy atom. The topological polar surface area (TPSA) is 35.2 Å². The van der Waals surface area contributed by atoms with E-state index in [9.17, 15) is 0 Å². The van der Waals surface area contributed by atoms with Gasteiger partial charge in [0.25, 0.3) is 0 Å². The fourth-order valence-electron chi connectivity index (χ4n) is 1.58. The molecule has 0 spiro atoms. The molecule has 0 bridgehead atoms. The van der Waals surface area contributed by atoms with Crippen LogP contribution in [0.15, 0.2) is 18.2 Å². The molecule has 1 rings (SSSR count). The molecule has 0 aliphatic carbocycles. The van der Waals surface area contributed by atoms with Gasteiger partial charge in [-0.15, -0.1) is 0 Å². The third-order valence-corrected chi connectivity index (χ3v) is 2.51. The molecule has 2 heteroatoms. The third-order valence-electron chi connectivity index (χ3n) is 2.51. The van der Waals surface area contributed by atoms with Gasteiger partial charge in [0, 0.05) is 6.54 Å². The first-order chi connectivity index (χ1) is 7.17. The Bertz CT molecular complexity index is 309. The van der Waals surface area contributed by atoms with Gasteiger partial charge in [-0.1, -0.05) is 25.5 Å². The Morgan fingerprint density at radius 2 is 2.13 bits per heavy atom. The highest BCUT2D eigenvalue weighted by molar-refractivity contribution is 5.36. The van der Waals surface area contributed by atoms with Crippen molar-refractivity contribution in [2.24, 2.45) is 5.73 Å². The number of hydrogen-bond acceptors (Lipinski definition) is 2. The van der Waals surface area contributed by atoms with Gasteiger partial charge in [-0.2, -0.15) is 0 Å². The van der Waals surface area contributed by atoms with E-state index in [1.807, 2.05) is 12.1 Å². The molecule has 1 aromatic carbocycles. The van der Waals surface area contributed by atoms with Crippen LogP contribution in [0.25, 0.3) is 0 Å². The molecule has 0 amide bonds. The van der Waals surface area contributed by atoms with E-state index < -0.39 is 0 Å². The van der Waals surface area contributed by atoms with E-state index in [1.54, 1.807) is 0 Å². The highest BCUT2D eigenvalue weighted by Gasteiger charge is 2.05. The van der Waals surface area contributed by atoms with E-state index in [-0.39, 0.29) is 6.10 Å².